The Kier molecular flexibility index (Phi) is 2.83. The molecular weight excluding hydrogens is 204 g/mol. The number of rotatable bonds is 2. The number of carbonyl (C=O) groups is 1. The molecule has 1 radical (unpaired) electrons. The molecule has 0 bridgehead atoms. The van der Waals surface area contributed by atoms with E-state index in [4.69, 9.17) is 0 Å². The van der Waals surface area contributed by atoms with E-state index in [0.29, 0.717) is 12.0 Å². The van der Waals surface area contributed by atoms with Crippen molar-refractivity contribution in [2.45, 2.75) is 13.3 Å². The quantitative estimate of drug-likeness (QED) is 0.689. The Bertz CT molecular complexity index is 251. The summed E-state index contributed by atoms with van der Waals surface area (Å²) in [6.07, 6.45) is 0.540. The average molecular weight is 212 g/mol. The fourth-order valence-corrected chi connectivity index (χ4v) is 1.02. The lowest BCUT2D eigenvalue weighted by Gasteiger charge is -1.95. The fraction of sp³-hybridized carbons (Fsp3) is 0.222. The Morgan fingerprint density at radius 3 is 2.82 bits per heavy atom. The molecule has 0 aliphatic carbocycles. The maximum atomic E-state index is 11.1. The molecule has 0 aliphatic rings. The van der Waals surface area contributed by atoms with E-state index in [0.717, 1.165) is 4.47 Å². The number of halogens is 1. The largest absolute Gasteiger partial charge is 0.294 e. The smallest absolute Gasteiger partial charge is 0.163 e. The van der Waals surface area contributed by atoms with Crippen molar-refractivity contribution >= 4 is 21.7 Å². The highest BCUT2D eigenvalue weighted by atomic mass is 79.9. The Hall–Kier alpha value is -0.630. The average Bonchev–Trinajstić information content (AvgIpc) is 2.05. The maximum absolute atomic E-state index is 11.1. The van der Waals surface area contributed by atoms with Crippen LogP contribution in [0.25, 0.3) is 0 Å². The zero-order chi connectivity index (χ0) is 8.27. The first kappa shape index (κ1) is 8.47. The molecule has 0 saturated heterocycles. The van der Waals surface area contributed by atoms with Gasteiger partial charge < -0.3 is 0 Å². The molecule has 0 amide bonds. The predicted molar refractivity (Wildman–Crippen MR) is 47.6 cm³/mol. The van der Waals surface area contributed by atoms with E-state index in [1.807, 2.05) is 13.0 Å². The second-order valence-electron chi connectivity index (χ2n) is 2.20. The van der Waals surface area contributed by atoms with Gasteiger partial charge >= 0.3 is 0 Å². The molecule has 57 valence electrons. The van der Waals surface area contributed by atoms with Crippen LogP contribution in [0.5, 0.6) is 0 Å². The number of hydrogen-bond acceptors (Lipinski definition) is 1. The SMILES string of the molecule is CCC(=O)c1[c]cc(Br)cc1. The van der Waals surface area contributed by atoms with Crippen LogP contribution in [0.2, 0.25) is 0 Å². The monoisotopic (exact) mass is 211 g/mol. The van der Waals surface area contributed by atoms with Gasteiger partial charge in [-0.3, -0.25) is 4.79 Å². The van der Waals surface area contributed by atoms with Crippen molar-refractivity contribution in [2.24, 2.45) is 0 Å². The first-order valence-corrected chi connectivity index (χ1v) is 4.23. The molecule has 0 unspecified atom stereocenters. The van der Waals surface area contributed by atoms with Gasteiger partial charge in [-0.25, -0.2) is 0 Å². The van der Waals surface area contributed by atoms with Crippen LogP contribution in [0.3, 0.4) is 0 Å². The van der Waals surface area contributed by atoms with Gasteiger partial charge in [0, 0.05) is 16.5 Å². The number of carbonyl (C=O) groups excluding carboxylic acids is 1. The van der Waals surface area contributed by atoms with Gasteiger partial charge in [-0.15, -0.1) is 0 Å². The minimum Gasteiger partial charge on any atom is -0.294 e. The lowest BCUT2D eigenvalue weighted by atomic mass is 10.1. The van der Waals surface area contributed by atoms with Crippen LogP contribution in [0, 0.1) is 6.07 Å². The van der Waals surface area contributed by atoms with Crippen LogP contribution in [0.15, 0.2) is 22.7 Å². The van der Waals surface area contributed by atoms with E-state index in [9.17, 15) is 4.79 Å². The third-order valence-corrected chi connectivity index (χ3v) is 1.89. The van der Waals surface area contributed by atoms with Gasteiger partial charge in [0.05, 0.1) is 0 Å². The maximum Gasteiger partial charge on any atom is 0.163 e. The van der Waals surface area contributed by atoms with E-state index in [1.165, 1.54) is 0 Å². The molecule has 0 heterocycles. The number of benzene rings is 1. The lowest BCUT2D eigenvalue weighted by Crippen LogP contribution is -1.95. The topological polar surface area (TPSA) is 17.1 Å². The van der Waals surface area contributed by atoms with Gasteiger partial charge in [0.15, 0.2) is 5.78 Å². The summed E-state index contributed by atoms with van der Waals surface area (Å²) in [6.45, 7) is 1.85. The highest BCUT2D eigenvalue weighted by molar-refractivity contribution is 9.10. The summed E-state index contributed by atoms with van der Waals surface area (Å²) in [5.41, 5.74) is 0.663. The van der Waals surface area contributed by atoms with Crippen molar-refractivity contribution in [3.8, 4) is 0 Å². The second-order valence-corrected chi connectivity index (χ2v) is 3.11. The van der Waals surface area contributed by atoms with Gasteiger partial charge in [-0.05, 0) is 24.3 Å². The van der Waals surface area contributed by atoms with E-state index in [1.54, 1.807) is 12.1 Å². The fourth-order valence-electron chi connectivity index (χ4n) is 0.770. The third kappa shape index (κ3) is 2.15. The molecule has 0 N–H and O–H groups in total. The van der Waals surface area contributed by atoms with Gasteiger partial charge in [0.25, 0.3) is 0 Å². The Morgan fingerprint density at radius 1 is 1.64 bits per heavy atom. The summed E-state index contributed by atoms with van der Waals surface area (Å²) < 4.78 is 0.949. The number of hydrogen-bond donors (Lipinski definition) is 0. The Labute approximate surface area is 74.6 Å². The van der Waals surface area contributed by atoms with E-state index < -0.39 is 0 Å². The van der Waals surface area contributed by atoms with Crippen molar-refractivity contribution in [1.29, 1.82) is 0 Å². The van der Waals surface area contributed by atoms with Crippen molar-refractivity contribution < 1.29 is 4.79 Å². The van der Waals surface area contributed by atoms with Crippen molar-refractivity contribution in [3.63, 3.8) is 0 Å². The van der Waals surface area contributed by atoms with Gasteiger partial charge in [-0.2, -0.15) is 0 Å². The summed E-state index contributed by atoms with van der Waals surface area (Å²) in [5.74, 6) is 0.137. The molecule has 0 fully saturated rings. The first-order valence-electron chi connectivity index (χ1n) is 3.44. The molecular formula is C9H8BrO. The van der Waals surface area contributed by atoms with Gasteiger partial charge in [-0.1, -0.05) is 22.9 Å². The molecule has 1 rings (SSSR count). The van der Waals surface area contributed by atoms with Crippen molar-refractivity contribution in [2.75, 3.05) is 0 Å². The number of Topliss-reactive ketones (excluding diaryl/α,β-unsaturated/α-hetero) is 1. The highest BCUT2D eigenvalue weighted by Crippen LogP contribution is 2.10. The molecule has 0 atom stereocenters. The first-order chi connectivity index (χ1) is 5.24. The molecule has 1 aromatic carbocycles. The van der Waals surface area contributed by atoms with Gasteiger partial charge in [0.1, 0.15) is 0 Å². The molecule has 0 saturated carbocycles. The third-order valence-electron chi connectivity index (χ3n) is 1.40. The molecule has 0 aliphatic heterocycles. The number of ketones is 1. The Balaban J connectivity index is 2.90. The molecule has 11 heavy (non-hydrogen) atoms. The zero-order valence-electron chi connectivity index (χ0n) is 6.23. The van der Waals surface area contributed by atoms with E-state index in [-0.39, 0.29) is 5.78 Å². The summed E-state index contributed by atoms with van der Waals surface area (Å²) in [4.78, 5) is 11.1. The van der Waals surface area contributed by atoms with Gasteiger partial charge in [0.2, 0.25) is 0 Å². The summed E-state index contributed by atoms with van der Waals surface area (Å²) in [6, 6.07) is 8.26. The highest BCUT2D eigenvalue weighted by Gasteiger charge is 2.00. The minimum absolute atomic E-state index is 0.137. The van der Waals surface area contributed by atoms with Crippen LogP contribution < -0.4 is 0 Å². The minimum atomic E-state index is 0.137. The summed E-state index contributed by atoms with van der Waals surface area (Å²) in [5, 5.41) is 0. The van der Waals surface area contributed by atoms with Crippen LogP contribution in [-0.4, -0.2) is 5.78 Å². The summed E-state index contributed by atoms with van der Waals surface area (Å²) in [7, 11) is 0. The molecule has 2 heteroatoms. The van der Waals surface area contributed by atoms with Crippen LogP contribution >= 0.6 is 15.9 Å². The second kappa shape index (κ2) is 3.67. The zero-order valence-corrected chi connectivity index (χ0v) is 7.81. The van der Waals surface area contributed by atoms with Crippen LogP contribution in [0.4, 0.5) is 0 Å². The van der Waals surface area contributed by atoms with Crippen molar-refractivity contribution in [1.82, 2.24) is 0 Å². The predicted octanol–water partition coefficient (Wildman–Crippen LogP) is 2.84. The molecule has 0 spiro atoms. The Morgan fingerprint density at radius 2 is 2.36 bits per heavy atom. The van der Waals surface area contributed by atoms with E-state index >= 15 is 0 Å². The molecule has 1 aromatic rings. The normalized spacial score (nSPS) is 9.64. The van der Waals surface area contributed by atoms with Crippen LogP contribution in [-0.2, 0) is 0 Å². The van der Waals surface area contributed by atoms with E-state index in [2.05, 4.69) is 22.0 Å². The van der Waals surface area contributed by atoms with Crippen molar-refractivity contribution in [3.05, 3.63) is 34.3 Å². The standard InChI is InChI=1S/C9H8BrO/c1-2-9(11)7-3-5-8(10)6-4-7/h3,5-6H,2H2,1H3. The van der Waals surface area contributed by atoms with Crippen LogP contribution in [0.1, 0.15) is 23.7 Å². The molecule has 0 aromatic heterocycles. The summed E-state index contributed by atoms with van der Waals surface area (Å²) >= 11 is 3.27. The lowest BCUT2D eigenvalue weighted by molar-refractivity contribution is 0.0988. The molecule has 1 nitrogen and oxygen atoms in total.